The third-order valence-corrected chi connectivity index (χ3v) is 4.15. The van der Waals surface area contributed by atoms with Crippen molar-refractivity contribution >= 4 is 5.91 Å². The second kappa shape index (κ2) is 9.70. The van der Waals surface area contributed by atoms with Crippen LogP contribution in [0.3, 0.4) is 0 Å². The lowest BCUT2D eigenvalue weighted by Crippen LogP contribution is -2.39. The zero-order chi connectivity index (χ0) is 18.9. The van der Waals surface area contributed by atoms with Crippen molar-refractivity contribution in [1.82, 2.24) is 5.32 Å². The Morgan fingerprint density at radius 2 is 1.65 bits per heavy atom. The number of hydrogen-bond donors (Lipinski definition) is 1. The minimum atomic E-state index is -0.537. The van der Waals surface area contributed by atoms with Crippen LogP contribution in [0.15, 0.2) is 42.5 Å². The van der Waals surface area contributed by atoms with Crippen molar-refractivity contribution < 1.29 is 19.0 Å². The fourth-order valence-electron chi connectivity index (χ4n) is 2.40. The molecule has 140 valence electrons. The van der Waals surface area contributed by atoms with E-state index in [0.29, 0.717) is 25.3 Å². The van der Waals surface area contributed by atoms with Crippen LogP contribution in [0.2, 0.25) is 0 Å². The van der Waals surface area contributed by atoms with Gasteiger partial charge in [0.25, 0.3) is 5.91 Å². The first kappa shape index (κ1) is 19.6. The summed E-state index contributed by atoms with van der Waals surface area (Å²) in [6, 6.07) is 13.1. The summed E-state index contributed by atoms with van der Waals surface area (Å²) in [5.41, 5.74) is 2.41. The van der Waals surface area contributed by atoms with Crippen LogP contribution in [-0.4, -0.2) is 32.3 Å². The Morgan fingerprint density at radius 1 is 1.00 bits per heavy atom. The maximum atomic E-state index is 12.3. The summed E-state index contributed by atoms with van der Waals surface area (Å²) in [5, 5.41) is 2.86. The molecule has 0 spiro atoms. The summed E-state index contributed by atoms with van der Waals surface area (Å²) in [6.07, 6.45) is 0.0422. The van der Waals surface area contributed by atoms with Crippen LogP contribution in [0.4, 0.5) is 0 Å². The van der Waals surface area contributed by atoms with E-state index in [2.05, 4.69) is 12.2 Å². The molecule has 26 heavy (non-hydrogen) atoms. The third kappa shape index (κ3) is 5.69. The molecule has 1 atom stereocenters. The Labute approximate surface area is 155 Å². The van der Waals surface area contributed by atoms with Gasteiger partial charge >= 0.3 is 0 Å². The molecule has 1 amide bonds. The maximum Gasteiger partial charge on any atom is 0.261 e. The molecule has 0 aliphatic heterocycles. The van der Waals surface area contributed by atoms with Gasteiger partial charge in [-0.1, -0.05) is 13.0 Å². The van der Waals surface area contributed by atoms with E-state index in [4.69, 9.17) is 14.2 Å². The van der Waals surface area contributed by atoms with Gasteiger partial charge in [0.2, 0.25) is 0 Å². The first-order chi connectivity index (χ1) is 12.5. The van der Waals surface area contributed by atoms with Crippen molar-refractivity contribution in [3.05, 3.63) is 53.6 Å². The van der Waals surface area contributed by atoms with Crippen LogP contribution in [0.25, 0.3) is 0 Å². The summed E-state index contributed by atoms with van der Waals surface area (Å²) in [4.78, 5) is 12.3. The molecule has 2 aromatic rings. The molecular weight excluding hydrogens is 330 g/mol. The Balaban J connectivity index is 1.78. The third-order valence-electron chi connectivity index (χ3n) is 4.15. The lowest BCUT2D eigenvalue weighted by molar-refractivity contribution is -0.128. The number of nitrogens with one attached hydrogen (secondary N) is 1. The van der Waals surface area contributed by atoms with Gasteiger partial charge in [-0.05, 0) is 67.8 Å². The number of ether oxygens (including phenoxy) is 3. The van der Waals surface area contributed by atoms with Crippen molar-refractivity contribution in [3.8, 4) is 17.2 Å². The quantitative estimate of drug-likeness (QED) is 0.696. The monoisotopic (exact) mass is 357 g/mol. The smallest absolute Gasteiger partial charge is 0.261 e. The predicted octanol–water partition coefficient (Wildman–Crippen LogP) is 3.66. The summed E-state index contributed by atoms with van der Waals surface area (Å²) >= 11 is 0. The van der Waals surface area contributed by atoms with Crippen LogP contribution in [0, 0.1) is 13.8 Å². The van der Waals surface area contributed by atoms with Gasteiger partial charge in [-0.25, -0.2) is 0 Å². The highest BCUT2D eigenvalue weighted by molar-refractivity contribution is 5.81. The van der Waals surface area contributed by atoms with Crippen molar-refractivity contribution in [2.75, 3.05) is 20.3 Å². The van der Waals surface area contributed by atoms with Crippen LogP contribution in [-0.2, 0) is 4.79 Å². The van der Waals surface area contributed by atoms with Gasteiger partial charge in [-0.15, -0.1) is 0 Å². The van der Waals surface area contributed by atoms with Gasteiger partial charge in [0.15, 0.2) is 6.10 Å². The predicted molar refractivity (Wildman–Crippen MR) is 102 cm³/mol. The highest BCUT2D eigenvalue weighted by atomic mass is 16.5. The van der Waals surface area contributed by atoms with E-state index in [9.17, 15) is 4.79 Å². The second-order valence-corrected chi connectivity index (χ2v) is 6.08. The zero-order valence-electron chi connectivity index (χ0n) is 15.9. The van der Waals surface area contributed by atoms with Gasteiger partial charge in [-0.2, -0.15) is 0 Å². The maximum absolute atomic E-state index is 12.3. The molecule has 0 fully saturated rings. The number of hydrogen-bond acceptors (Lipinski definition) is 4. The molecule has 1 N–H and O–H groups in total. The summed E-state index contributed by atoms with van der Waals surface area (Å²) in [7, 11) is 1.61. The summed E-state index contributed by atoms with van der Waals surface area (Å²) in [6.45, 7) is 6.86. The van der Waals surface area contributed by atoms with Crippen molar-refractivity contribution in [2.45, 2.75) is 33.3 Å². The van der Waals surface area contributed by atoms with Gasteiger partial charge in [0.05, 0.1) is 13.7 Å². The standard InChI is InChI=1S/C21H27NO4/c1-5-20(26-18-10-8-17(24-4)9-11-18)21(23)22-12-13-25-19-7-6-15(2)16(3)14-19/h6-11,14,20H,5,12-13H2,1-4H3,(H,22,23)/t20-/m1/s1. The molecule has 2 aromatic carbocycles. The lowest BCUT2D eigenvalue weighted by atomic mass is 10.1. The topological polar surface area (TPSA) is 56.8 Å². The van der Waals surface area contributed by atoms with E-state index in [-0.39, 0.29) is 5.91 Å². The molecule has 0 saturated carbocycles. The molecule has 0 bridgehead atoms. The van der Waals surface area contributed by atoms with Crippen molar-refractivity contribution in [2.24, 2.45) is 0 Å². The summed E-state index contributed by atoms with van der Waals surface area (Å²) in [5.74, 6) is 2.05. The minimum absolute atomic E-state index is 0.146. The first-order valence-corrected chi connectivity index (χ1v) is 8.82. The number of methoxy groups -OCH3 is 1. The number of amides is 1. The van der Waals surface area contributed by atoms with Crippen molar-refractivity contribution in [3.63, 3.8) is 0 Å². The van der Waals surface area contributed by atoms with E-state index in [1.165, 1.54) is 11.1 Å². The molecular formula is C21H27NO4. The fraction of sp³-hybridized carbons (Fsp3) is 0.381. The molecule has 0 aliphatic carbocycles. The number of aryl methyl sites for hydroxylation is 2. The van der Waals surface area contributed by atoms with Gasteiger partial charge in [-0.3, -0.25) is 4.79 Å². The largest absolute Gasteiger partial charge is 0.497 e. The van der Waals surface area contributed by atoms with E-state index in [0.717, 1.165) is 11.5 Å². The summed E-state index contributed by atoms with van der Waals surface area (Å²) < 4.78 is 16.6. The average molecular weight is 357 g/mol. The number of carbonyl (C=O) groups is 1. The number of benzene rings is 2. The van der Waals surface area contributed by atoms with E-state index < -0.39 is 6.10 Å². The highest BCUT2D eigenvalue weighted by Gasteiger charge is 2.17. The van der Waals surface area contributed by atoms with Gasteiger partial charge < -0.3 is 19.5 Å². The normalized spacial score (nSPS) is 11.5. The molecule has 5 nitrogen and oxygen atoms in total. The molecule has 0 aromatic heterocycles. The van der Waals surface area contributed by atoms with E-state index in [1.54, 1.807) is 31.4 Å². The Morgan fingerprint density at radius 3 is 2.27 bits per heavy atom. The van der Waals surface area contributed by atoms with Crippen LogP contribution in [0.1, 0.15) is 24.5 Å². The first-order valence-electron chi connectivity index (χ1n) is 8.82. The molecule has 0 radical (unpaired) electrons. The van der Waals surface area contributed by atoms with Crippen molar-refractivity contribution in [1.29, 1.82) is 0 Å². The molecule has 0 unspecified atom stereocenters. The van der Waals surface area contributed by atoms with Crippen LogP contribution < -0.4 is 19.5 Å². The SMILES string of the molecule is CC[C@@H](Oc1ccc(OC)cc1)C(=O)NCCOc1ccc(C)c(C)c1. The van der Waals surface area contributed by atoms with Gasteiger partial charge in [0, 0.05) is 0 Å². The Hall–Kier alpha value is -2.69. The highest BCUT2D eigenvalue weighted by Crippen LogP contribution is 2.19. The number of rotatable bonds is 9. The molecule has 2 rings (SSSR count). The number of carbonyl (C=O) groups excluding carboxylic acids is 1. The lowest BCUT2D eigenvalue weighted by Gasteiger charge is -2.17. The van der Waals surface area contributed by atoms with Crippen LogP contribution in [0.5, 0.6) is 17.2 Å². The zero-order valence-corrected chi connectivity index (χ0v) is 15.9. The molecule has 5 heteroatoms. The minimum Gasteiger partial charge on any atom is -0.497 e. The Kier molecular flexibility index (Phi) is 7.33. The molecule has 0 saturated heterocycles. The fourth-order valence-corrected chi connectivity index (χ4v) is 2.40. The van der Waals surface area contributed by atoms with Crippen LogP contribution >= 0.6 is 0 Å². The van der Waals surface area contributed by atoms with E-state index in [1.807, 2.05) is 32.0 Å². The molecule has 0 aliphatic rings. The second-order valence-electron chi connectivity index (χ2n) is 6.08. The van der Waals surface area contributed by atoms with Gasteiger partial charge in [0.1, 0.15) is 23.9 Å². The average Bonchev–Trinajstić information content (AvgIpc) is 2.66. The molecule has 0 heterocycles. The Bertz CT molecular complexity index is 712. The van der Waals surface area contributed by atoms with E-state index >= 15 is 0 Å².